The van der Waals surface area contributed by atoms with Crippen LogP contribution in [0.3, 0.4) is 0 Å². The van der Waals surface area contributed by atoms with E-state index in [-0.39, 0.29) is 11.8 Å². The lowest BCUT2D eigenvalue weighted by molar-refractivity contribution is -0.147. The van der Waals surface area contributed by atoms with E-state index in [1.54, 1.807) is 0 Å². The van der Waals surface area contributed by atoms with Gasteiger partial charge < -0.3 is 9.64 Å². The van der Waals surface area contributed by atoms with Crippen LogP contribution in [0.4, 0.5) is 0 Å². The zero-order valence-electron chi connectivity index (χ0n) is 15.8. The van der Waals surface area contributed by atoms with Gasteiger partial charge in [-0.05, 0) is 37.7 Å². The van der Waals surface area contributed by atoms with Gasteiger partial charge in [0, 0.05) is 42.9 Å². The number of aryl methyl sites for hydroxylation is 1. The topological polar surface area (TPSA) is 28.1 Å². The van der Waals surface area contributed by atoms with Crippen molar-refractivity contribution in [2.45, 2.75) is 38.0 Å². The molecule has 0 saturated carbocycles. The number of halogens is 1. The first kappa shape index (κ1) is 17.1. The predicted octanol–water partition coefficient (Wildman–Crippen LogP) is 4.61. The molecule has 0 radical (unpaired) electrons. The number of hydrogen-bond donors (Lipinski definition) is 0. The highest BCUT2D eigenvalue weighted by Crippen LogP contribution is 2.50. The molecule has 0 bridgehead atoms. The number of rotatable bonds is 1. The zero-order valence-corrected chi connectivity index (χ0v) is 16.5. The van der Waals surface area contributed by atoms with E-state index in [2.05, 4.69) is 54.2 Å². The molecule has 27 heavy (non-hydrogen) atoms. The number of nitrogens with zero attached hydrogens (tertiary/aromatic N) is 3. The Morgan fingerprint density at radius 3 is 2.59 bits per heavy atom. The maximum atomic E-state index is 6.65. The first-order valence-electron chi connectivity index (χ1n) is 9.65. The molecule has 0 N–H and O–H groups in total. The zero-order chi connectivity index (χ0) is 18.6. The van der Waals surface area contributed by atoms with Crippen molar-refractivity contribution >= 4 is 17.3 Å². The van der Waals surface area contributed by atoms with E-state index >= 15 is 0 Å². The van der Waals surface area contributed by atoms with Crippen LogP contribution in [0.5, 0.6) is 5.75 Å². The number of fused-ring (bicyclic) bond motifs is 4. The van der Waals surface area contributed by atoms with Crippen LogP contribution in [-0.4, -0.2) is 41.5 Å². The SMILES string of the molecule is Cc1ccc2c(c1)C1CC(c3ccc(Cl)cc3)=NN1C1(CCN(C)CC1)O2. The smallest absolute Gasteiger partial charge is 0.200 e. The standard InChI is InChI=1S/C22H24ClN3O/c1-15-3-8-21-18(13-15)20-14-19(16-4-6-17(23)7-5-16)24-26(20)22(27-21)9-11-25(2)12-10-22/h3-8,13,20H,9-12,14H2,1-2H3. The molecule has 2 aromatic carbocycles. The number of likely N-dealkylation sites (tertiary alicyclic amines) is 1. The summed E-state index contributed by atoms with van der Waals surface area (Å²) < 4.78 is 6.65. The summed E-state index contributed by atoms with van der Waals surface area (Å²) >= 11 is 6.08. The van der Waals surface area contributed by atoms with Gasteiger partial charge in [-0.25, -0.2) is 5.01 Å². The van der Waals surface area contributed by atoms with E-state index in [9.17, 15) is 0 Å². The summed E-state index contributed by atoms with van der Waals surface area (Å²) in [6.07, 6.45) is 2.83. The number of ether oxygens (including phenoxy) is 1. The maximum absolute atomic E-state index is 6.65. The summed E-state index contributed by atoms with van der Waals surface area (Å²) in [5, 5.41) is 8.13. The molecule has 3 heterocycles. The van der Waals surface area contributed by atoms with Crippen LogP contribution in [-0.2, 0) is 0 Å². The fourth-order valence-corrected chi connectivity index (χ4v) is 4.64. The van der Waals surface area contributed by atoms with Gasteiger partial charge in [-0.2, -0.15) is 5.10 Å². The van der Waals surface area contributed by atoms with Gasteiger partial charge in [0.05, 0.1) is 11.8 Å². The monoisotopic (exact) mass is 381 g/mol. The van der Waals surface area contributed by atoms with Crippen molar-refractivity contribution in [2.24, 2.45) is 5.10 Å². The third-order valence-corrected chi connectivity index (χ3v) is 6.35. The second kappa shape index (κ2) is 6.25. The molecular formula is C22H24ClN3O. The summed E-state index contributed by atoms with van der Waals surface area (Å²) in [7, 11) is 2.18. The molecule has 0 aromatic heterocycles. The highest BCUT2D eigenvalue weighted by Gasteiger charge is 2.51. The van der Waals surface area contributed by atoms with Crippen molar-refractivity contribution in [3.05, 3.63) is 64.2 Å². The number of benzene rings is 2. The molecule has 1 saturated heterocycles. The van der Waals surface area contributed by atoms with Crippen molar-refractivity contribution in [3.8, 4) is 5.75 Å². The Morgan fingerprint density at radius 2 is 1.85 bits per heavy atom. The molecule has 5 heteroatoms. The van der Waals surface area contributed by atoms with E-state index in [0.717, 1.165) is 54.4 Å². The molecule has 0 aliphatic carbocycles. The van der Waals surface area contributed by atoms with Gasteiger partial charge in [0.15, 0.2) is 0 Å². The summed E-state index contributed by atoms with van der Waals surface area (Å²) in [6.45, 7) is 4.19. The largest absolute Gasteiger partial charge is 0.466 e. The molecule has 1 atom stereocenters. The minimum absolute atomic E-state index is 0.239. The first-order chi connectivity index (χ1) is 13.0. The van der Waals surface area contributed by atoms with Crippen LogP contribution in [0.1, 0.15) is 42.0 Å². The normalized spacial score (nSPS) is 23.6. The van der Waals surface area contributed by atoms with Crippen molar-refractivity contribution in [1.29, 1.82) is 0 Å². The van der Waals surface area contributed by atoms with E-state index in [1.165, 1.54) is 11.1 Å². The Bertz CT molecular complexity index is 900. The van der Waals surface area contributed by atoms with Crippen molar-refractivity contribution < 1.29 is 4.74 Å². The summed E-state index contributed by atoms with van der Waals surface area (Å²) in [5.74, 6) is 1.03. The van der Waals surface area contributed by atoms with E-state index in [0.29, 0.717) is 0 Å². The maximum Gasteiger partial charge on any atom is 0.200 e. The summed E-state index contributed by atoms with van der Waals surface area (Å²) in [6, 6.07) is 14.8. The van der Waals surface area contributed by atoms with Gasteiger partial charge in [0.1, 0.15) is 5.75 Å². The van der Waals surface area contributed by atoms with Crippen LogP contribution < -0.4 is 4.74 Å². The number of hydrazone groups is 1. The average Bonchev–Trinajstić information content (AvgIpc) is 3.12. The van der Waals surface area contributed by atoms with Crippen LogP contribution in [0.15, 0.2) is 47.6 Å². The average molecular weight is 382 g/mol. The molecule has 0 amide bonds. The third-order valence-electron chi connectivity index (χ3n) is 6.10. The Kier molecular flexibility index (Phi) is 3.95. The molecule has 3 aliphatic rings. The lowest BCUT2D eigenvalue weighted by Gasteiger charge is -2.50. The van der Waals surface area contributed by atoms with E-state index in [4.69, 9.17) is 21.4 Å². The molecule has 1 fully saturated rings. The first-order valence-corrected chi connectivity index (χ1v) is 10.0. The van der Waals surface area contributed by atoms with Crippen LogP contribution in [0.2, 0.25) is 5.02 Å². The highest BCUT2D eigenvalue weighted by molar-refractivity contribution is 6.30. The molecule has 5 rings (SSSR count). The lowest BCUT2D eigenvalue weighted by Crippen LogP contribution is -2.58. The molecule has 1 unspecified atom stereocenters. The van der Waals surface area contributed by atoms with E-state index < -0.39 is 0 Å². The summed E-state index contributed by atoms with van der Waals surface area (Å²) in [5.41, 5.74) is 4.44. The van der Waals surface area contributed by atoms with Gasteiger partial charge in [0.2, 0.25) is 5.72 Å². The van der Waals surface area contributed by atoms with Gasteiger partial charge in [-0.15, -0.1) is 0 Å². The molecule has 140 valence electrons. The fourth-order valence-electron chi connectivity index (χ4n) is 4.52. The van der Waals surface area contributed by atoms with Crippen molar-refractivity contribution in [1.82, 2.24) is 9.91 Å². The number of piperidine rings is 1. The lowest BCUT2D eigenvalue weighted by atomic mass is 9.90. The van der Waals surface area contributed by atoms with Crippen LogP contribution >= 0.6 is 11.6 Å². The minimum atomic E-state index is -0.340. The van der Waals surface area contributed by atoms with Crippen molar-refractivity contribution in [3.63, 3.8) is 0 Å². The fraction of sp³-hybridized carbons (Fsp3) is 0.409. The van der Waals surface area contributed by atoms with Crippen molar-refractivity contribution in [2.75, 3.05) is 20.1 Å². The van der Waals surface area contributed by atoms with Gasteiger partial charge in [-0.1, -0.05) is 41.4 Å². The Hall–Kier alpha value is -2.04. The van der Waals surface area contributed by atoms with Crippen LogP contribution in [0.25, 0.3) is 0 Å². The molecule has 4 nitrogen and oxygen atoms in total. The summed E-state index contributed by atoms with van der Waals surface area (Å²) in [4.78, 5) is 2.37. The Labute approximate surface area is 165 Å². The Morgan fingerprint density at radius 1 is 1.11 bits per heavy atom. The number of hydrogen-bond acceptors (Lipinski definition) is 4. The second-order valence-corrected chi connectivity index (χ2v) is 8.45. The quantitative estimate of drug-likeness (QED) is 0.721. The van der Waals surface area contributed by atoms with Gasteiger partial charge >= 0.3 is 0 Å². The van der Waals surface area contributed by atoms with Crippen LogP contribution in [0, 0.1) is 6.92 Å². The second-order valence-electron chi connectivity index (χ2n) is 8.01. The van der Waals surface area contributed by atoms with Gasteiger partial charge in [0.25, 0.3) is 0 Å². The third kappa shape index (κ3) is 2.82. The highest BCUT2D eigenvalue weighted by atomic mass is 35.5. The molecular weight excluding hydrogens is 358 g/mol. The Balaban J connectivity index is 1.58. The molecule has 1 spiro atoms. The van der Waals surface area contributed by atoms with E-state index in [1.807, 2.05) is 12.1 Å². The molecule has 2 aromatic rings. The predicted molar refractivity (Wildman–Crippen MR) is 108 cm³/mol. The molecule has 3 aliphatic heterocycles. The van der Waals surface area contributed by atoms with Gasteiger partial charge in [-0.3, -0.25) is 0 Å². The minimum Gasteiger partial charge on any atom is -0.466 e.